The van der Waals surface area contributed by atoms with Gasteiger partial charge in [-0.2, -0.15) is 8.78 Å². The van der Waals surface area contributed by atoms with Crippen molar-refractivity contribution in [2.75, 3.05) is 18.1 Å². The summed E-state index contributed by atoms with van der Waals surface area (Å²) >= 11 is 1.60. The molecule has 0 aliphatic carbocycles. The zero-order valence-corrected chi connectivity index (χ0v) is 10.6. The molecule has 1 fully saturated rings. The summed E-state index contributed by atoms with van der Waals surface area (Å²) in [5.74, 6) is -4.76. The Morgan fingerprint density at radius 2 is 2.33 bits per heavy atom. The summed E-state index contributed by atoms with van der Waals surface area (Å²) in [6.45, 7) is 0.194. The van der Waals surface area contributed by atoms with Crippen molar-refractivity contribution in [2.24, 2.45) is 0 Å². The van der Waals surface area contributed by atoms with Crippen LogP contribution in [-0.4, -0.2) is 30.8 Å². The van der Waals surface area contributed by atoms with Crippen LogP contribution in [0.3, 0.4) is 0 Å². The predicted octanol–water partition coefficient (Wildman–Crippen LogP) is 2.77. The smallest absolute Gasteiger partial charge is 0.377 e. The third kappa shape index (κ3) is 2.93. The molecular formula is C12H13F2NO2S. The van der Waals surface area contributed by atoms with Gasteiger partial charge < -0.3 is 10.1 Å². The molecule has 1 aliphatic rings. The molecule has 18 heavy (non-hydrogen) atoms. The van der Waals surface area contributed by atoms with Gasteiger partial charge in [0.25, 0.3) is 0 Å². The second-order valence-corrected chi connectivity index (χ2v) is 4.93. The molecule has 0 saturated carbocycles. The number of hydrogen-bond donors (Lipinski definition) is 1. The average molecular weight is 273 g/mol. The molecule has 98 valence electrons. The number of thioether (sulfide) groups is 1. The number of ether oxygens (including phenoxy) is 1. The number of halogens is 2. The number of carbonyl (C=O) groups is 1. The summed E-state index contributed by atoms with van der Waals surface area (Å²) in [5.41, 5.74) is 0.827. The van der Waals surface area contributed by atoms with E-state index in [1.807, 2.05) is 30.5 Å². The molecule has 1 saturated heterocycles. The lowest BCUT2D eigenvalue weighted by molar-refractivity contribution is -0.158. The maximum Gasteiger partial charge on any atom is 0.377 e. The van der Waals surface area contributed by atoms with E-state index in [0.717, 1.165) is 10.6 Å². The molecule has 0 bridgehead atoms. The van der Waals surface area contributed by atoms with Gasteiger partial charge in [0.15, 0.2) is 0 Å². The normalized spacial score (nSPS) is 21.7. The minimum Gasteiger partial charge on any atom is -0.456 e. The predicted molar refractivity (Wildman–Crippen MR) is 66.2 cm³/mol. The Kier molecular flexibility index (Phi) is 3.75. The van der Waals surface area contributed by atoms with E-state index < -0.39 is 24.4 Å². The van der Waals surface area contributed by atoms with Crippen molar-refractivity contribution in [3.63, 3.8) is 0 Å². The third-order valence-electron chi connectivity index (χ3n) is 2.66. The van der Waals surface area contributed by atoms with E-state index in [1.165, 1.54) is 0 Å². The third-order valence-corrected chi connectivity index (χ3v) is 3.39. The Bertz CT molecular complexity index is 453. The minimum absolute atomic E-state index is 0.194. The average Bonchev–Trinajstić information content (AvgIpc) is 2.61. The van der Waals surface area contributed by atoms with Crippen LogP contribution in [0.25, 0.3) is 0 Å². The van der Waals surface area contributed by atoms with Crippen molar-refractivity contribution in [1.29, 1.82) is 0 Å². The molecule has 0 amide bonds. The number of cyclic esters (lactones) is 1. The van der Waals surface area contributed by atoms with Crippen molar-refractivity contribution in [2.45, 2.75) is 23.3 Å². The lowest BCUT2D eigenvalue weighted by Crippen LogP contribution is -2.22. The molecule has 1 aromatic rings. The first kappa shape index (κ1) is 13.1. The fraction of sp³-hybridized carbons (Fsp3) is 0.417. The van der Waals surface area contributed by atoms with Crippen LogP contribution in [0, 0.1) is 0 Å². The van der Waals surface area contributed by atoms with Crippen LogP contribution < -0.4 is 5.32 Å². The first-order chi connectivity index (χ1) is 8.51. The molecule has 1 N–H and O–H groups in total. The molecule has 0 radical (unpaired) electrons. The molecule has 3 nitrogen and oxygen atoms in total. The van der Waals surface area contributed by atoms with Gasteiger partial charge in [-0.25, -0.2) is 4.79 Å². The van der Waals surface area contributed by atoms with Gasteiger partial charge in [0.2, 0.25) is 0 Å². The summed E-state index contributed by atoms with van der Waals surface area (Å²) in [4.78, 5) is 11.9. The molecule has 2 rings (SSSR count). The highest BCUT2D eigenvalue weighted by Gasteiger charge is 2.50. The Morgan fingerprint density at radius 1 is 1.56 bits per heavy atom. The maximum absolute atomic E-state index is 12.9. The fourth-order valence-corrected chi connectivity index (χ4v) is 2.19. The van der Waals surface area contributed by atoms with Crippen molar-refractivity contribution in [3.8, 4) is 0 Å². The molecule has 1 aromatic carbocycles. The number of anilines is 1. The van der Waals surface area contributed by atoms with Gasteiger partial charge in [-0.1, -0.05) is 6.07 Å². The number of alkyl halides is 2. The second kappa shape index (κ2) is 5.14. The molecule has 1 aliphatic heterocycles. The number of hydrogen-bond acceptors (Lipinski definition) is 4. The highest BCUT2D eigenvalue weighted by Crippen LogP contribution is 2.31. The molecule has 1 heterocycles. The number of nitrogens with one attached hydrogen (secondary N) is 1. The monoisotopic (exact) mass is 273 g/mol. The molecule has 6 heteroatoms. The van der Waals surface area contributed by atoms with Crippen molar-refractivity contribution in [3.05, 3.63) is 24.3 Å². The van der Waals surface area contributed by atoms with Gasteiger partial charge in [-0.05, 0) is 24.5 Å². The first-order valence-corrected chi connectivity index (χ1v) is 6.70. The van der Waals surface area contributed by atoms with E-state index in [0.29, 0.717) is 0 Å². The zero-order valence-electron chi connectivity index (χ0n) is 9.78. The standard InChI is InChI=1S/C12H13F2NO2S/c1-18-10-4-2-3-8(5-10)15-7-9-6-12(13,14)11(16)17-9/h2-5,9,15H,6-7H2,1H3. The van der Waals surface area contributed by atoms with Crippen molar-refractivity contribution >= 4 is 23.4 Å². The molecule has 0 aromatic heterocycles. The van der Waals surface area contributed by atoms with Crippen LogP contribution in [0.15, 0.2) is 29.2 Å². The van der Waals surface area contributed by atoms with Gasteiger partial charge in [0, 0.05) is 10.6 Å². The maximum atomic E-state index is 12.9. The summed E-state index contributed by atoms with van der Waals surface area (Å²) in [7, 11) is 0. The first-order valence-electron chi connectivity index (χ1n) is 5.48. The molecule has 1 atom stereocenters. The van der Waals surface area contributed by atoms with E-state index in [1.54, 1.807) is 11.8 Å². The van der Waals surface area contributed by atoms with Crippen molar-refractivity contribution < 1.29 is 18.3 Å². The van der Waals surface area contributed by atoms with Crippen LogP contribution in [0.2, 0.25) is 0 Å². The number of esters is 1. The lowest BCUT2D eigenvalue weighted by Gasteiger charge is -2.11. The molecule has 1 unspecified atom stereocenters. The highest BCUT2D eigenvalue weighted by molar-refractivity contribution is 7.98. The summed E-state index contributed by atoms with van der Waals surface area (Å²) in [5, 5.41) is 3.00. The van der Waals surface area contributed by atoms with Gasteiger partial charge in [-0.3, -0.25) is 0 Å². The van der Waals surface area contributed by atoms with E-state index in [2.05, 4.69) is 10.1 Å². The van der Waals surface area contributed by atoms with Gasteiger partial charge >= 0.3 is 11.9 Å². The minimum atomic E-state index is -3.34. The van der Waals surface area contributed by atoms with E-state index in [-0.39, 0.29) is 6.54 Å². The van der Waals surface area contributed by atoms with Crippen LogP contribution in [0.1, 0.15) is 6.42 Å². The van der Waals surface area contributed by atoms with Crippen LogP contribution >= 0.6 is 11.8 Å². The van der Waals surface area contributed by atoms with E-state index in [9.17, 15) is 13.6 Å². The highest BCUT2D eigenvalue weighted by atomic mass is 32.2. The largest absolute Gasteiger partial charge is 0.456 e. The van der Waals surface area contributed by atoms with Gasteiger partial charge in [-0.15, -0.1) is 11.8 Å². The fourth-order valence-electron chi connectivity index (χ4n) is 1.73. The van der Waals surface area contributed by atoms with Crippen LogP contribution in [0.5, 0.6) is 0 Å². The van der Waals surface area contributed by atoms with Crippen LogP contribution in [-0.2, 0) is 9.53 Å². The zero-order chi connectivity index (χ0) is 13.2. The Morgan fingerprint density at radius 3 is 2.94 bits per heavy atom. The molecule has 0 spiro atoms. The van der Waals surface area contributed by atoms with E-state index in [4.69, 9.17) is 0 Å². The SMILES string of the molecule is CSc1cccc(NCC2CC(F)(F)C(=O)O2)c1. The number of carbonyl (C=O) groups excluding carboxylic acids is 1. The lowest BCUT2D eigenvalue weighted by atomic mass is 10.2. The van der Waals surface area contributed by atoms with Crippen molar-refractivity contribution in [1.82, 2.24) is 0 Å². The number of rotatable bonds is 4. The van der Waals surface area contributed by atoms with Crippen LogP contribution in [0.4, 0.5) is 14.5 Å². The second-order valence-electron chi connectivity index (χ2n) is 4.05. The topological polar surface area (TPSA) is 38.3 Å². The summed E-state index contributed by atoms with van der Waals surface area (Å²) in [6, 6.07) is 7.59. The number of benzene rings is 1. The Hall–Kier alpha value is -1.30. The Labute approximate surface area is 108 Å². The van der Waals surface area contributed by atoms with E-state index >= 15 is 0 Å². The summed E-state index contributed by atoms with van der Waals surface area (Å²) in [6.07, 6.45) is 0.630. The van der Waals surface area contributed by atoms with Gasteiger partial charge in [0.1, 0.15) is 6.10 Å². The Balaban J connectivity index is 1.91. The van der Waals surface area contributed by atoms with Gasteiger partial charge in [0.05, 0.1) is 13.0 Å². The quantitative estimate of drug-likeness (QED) is 0.676. The molecular weight excluding hydrogens is 260 g/mol. The summed E-state index contributed by atoms with van der Waals surface area (Å²) < 4.78 is 30.5.